The van der Waals surface area contributed by atoms with Crippen LogP contribution in [0.4, 0.5) is 0 Å². The second-order valence-corrected chi connectivity index (χ2v) is 9.87. The van der Waals surface area contributed by atoms with Crippen molar-refractivity contribution in [3.63, 3.8) is 0 Å². The summed E-state index contributed by atoms with van der Waals surface area (Å²) in [4.78, 5) is 0. The Morgan fingerprint density at radius 2 is 1.48 bits per heavy atom. The number of rotatable bonds is 10. The fraction of sp³-hybridized carbons (Fsp3) is 0.684. The van der Waals surface area contributed by atoms with Crippen molar-refractivity contribution in [1.29, 1.82) is 0 Å². The van der Waals surface area contributed by atoms with Crippen molar-refractivity contribution >= 4 is 9.84 Å². The summed E-state index contributed by atoms with van der Waals surface area (Å²) in [5, 5.41) is 9.67. The average molecular weight is 341 g/mol. The van der Waals surface area contributed by atoms with Crippen molar-refractivity contribution in [3.05, 3.63) is 35.4 Å². The molecule has 0 aliphatic carbocycles. The highest BCUT2D eigenvalue weighted by molar-refractivity contribution is 7.91. The average Bonchev–Trinajstić information content (AvgIpc) is 2.45. The summed E-state index contributed by atoms with van der Waals surface area (Å²) in [7, 11) is -2.87. The first kappa shape index (κ1) is 20.2. The van der Waals surface area contributed by atoms with Gasteiger partial charge in [-0.25, -0.2) is 8.42 Å². The zero-order valence-corrected chi connectivity index (χ0v) is 15.8. The van der Waals surface area contributed by atoms with E-state index >= 15 is 0 Å². The van der Waals surface area contributed by atoms with Crippen molar-refractivity contribution in [1.82, 2.24) is 0 Å². The Morgan fingerprint density at radius 3 is 2.00 bits per heavy atom. The van der Waals surface area contributed by atoms with Crippen LogP contribution < -0.4 is 0 Å². The van der Waals surface area contributed by atoms with Crippen LogP contribution in [-0.4, -0.2) is 24.5 Å². The summed E-state index contributed by atoms with van der Waals surface area (Å²) in [5.41, 5.74) is 1.45. The molecule has 132 valence electrons. The molecule has 0 spiro atoms. The zero-order chi connectivity index (χ0) is 17.5. The molecule has 1 aromatic carbocycles. The molecule has 0 bridgehead atoms. The van der Waals surface area contributed by atoms with Gasteiger partial charge < -0.3 is 5.11 Å². The molecule has 1 aromatic rings. The Kier molecular flexibility index (Phi) is 7.75. The van der Waals surface area contributed by atoms with Crippen LogP contribution in [0.3, 0.4) is 0 Å². The quantitative estimate of drug-likeness (QED) is 0.649. The van der Waals surface area contributed by atoms with Gasteiger partial charge in [0.2, 0.25) is 0 Å². The number of hydrogen-bond donors (Lipinski definition) is 1. The third-order valence-corrected chi connectivity index (χ3v) is 6.57. The molecular weight excluding hydrogens is 308 g/mol. The van der Waals surface area contributed by atoms with Gasteiger partial charge in [-0.05, 0) is 58.1 Å². The fourth-order valence-electron chi connectivity index (χ4n) is 2.48. The van der Waals surface area contributed by atoms with E-state index in [9.17, 15) is 13.5 Å². The van der Waals surface area contributed by atoms with Crippen molar-refractivity contribution in [2.45, 2.75) is 77.1 Å². The van der Waals surface area contributed by atoms with E-state index in [1.165, 1.54) is 5.56 Å². The number of hydrogen-bond acceptors (Lipinski definition) is 3. The lowest BCUT2D eigenvalue weighted by Gasteiger charge is -2.17. The van der Waals surface area contributed by atoms with Crippen molar-refractivity contribution in [2.75, 3.05) is 5.75 Å². The van der Waals surface area contributed by atoms with E-state index in [1.54, 1.807) is 27.7 Å². The van der Waals surface area contributed by atoms with Crippen molar-refractivity contribution < 1.29 is 13.5 Å². The second-order valence-electron chi connectivity index (χ2n) is 7.19. The Hall–Kier alpha value is -0.870. The molecule has 0 atom stereocenters. The molecule has 1 N–H and O–H groups in total. The van der Waals surface area contributed by atoms with Gasteiger partial charge in [-0.1, -0.05) is 43.5 Å². The number of aliphatic hydroxyl groups is 1. The Bertz CT molecular complexity index is 551. The first-order chi connectivity index (χ1) is 10.6. The highest BCUT2D eigenvalue weighted by Crippen LogP contribution is 2.20. The molecule has 23 heavy (non-hydrogen) atoms. The van der Waals surface area contributed by atoms with Gasteiger partial charge in [0, 0.05) is 0 Å². The Labute approximate surface area is 142 Å². The third-order valence-electron chi connectivity index (χ3n) is 4.27. The van der Waals surface area contributed by atoms with Crippen LogP contribution in [0.2, 0.25) is 0 Å². The summed E-state index contributed by atoms with van der Waals surface area (Å²) < 4.78 is 23.4. The van der Waals surface area contributed by atoms with E-state index in [0.717, 1.165) is 44.1 Å². The molecule has 3 nitrogen and oxygen atoms in total. The van der Waals surface area contributed by atoms with Gasteiger partial charge in [0.25, 0.3) is 0 Å². The van der Waals surface area contributed by atoms with E-state index in [4.69, 9.17) is 0 Å². The lowest BCUT2D eigenvalue weighted by Crippen LogP contribution is -2.17. The van der Waals surface area contributed by atoms with Gasteiger partial charge in [-0.3, -0.25) is 0 Å². The SMILES string of the molecule is CC(C)S(=O)(=O)CCCCCCCc1ccc(C(C)(C)O)cc1. The number of unbranched alkanes of at least 4 members (excludes halogenated alkanes) is 4. The summed E-state index contributed by atoms with van der Waals surface area (Å²) in [6, 6.07) is 8.16. The molecule has 0 aliphatic heterocycles. The normalized spacial score (nSPS) is 12.8. The third kappa shape index (κ3) is 7.49. The summed E-state index contributed by atoms with van der Waals surface area (Å²) in [5.74, 6) is 0.322. The maximum atomic E-state index is 11.7. The minimum Gasteiger partial charge on any atom is -0.386 e. The van der Waals surface area contributed by atoms with Gasteiger partial charge in [0.05, 0.1) is 16.6 Å². The summed E-state index contributed by atoms with van der Waals surface area (Å²) in [6.07, 6.45) is 6.16. The van der Waals surface area contributed by atoms with Crippen LogP contribution in [0.5, 0.6) is 0 Å². The minimum atomic E-state index is -2.87. The van der Waals surface area contributed by atoms with Crippen LogP contribution in [0.25, 0.3) is 0 Å². The molecule has 0 saturated heterocycles. The molecule has 0 amide bonds. The van der Waals surface area contributed by atoms with Crippen LogP contribution >= 0.6 is 0 Å². The van der Waals surface area contributed by atoms with E-state index in [0.29, 0.717) is 5.75 Å². The highest BCUT2D eigenvalue weighted by atomic mass is 32.2. The van der Waals surface area contributed by atoms with Crippen LogP contribution in [0, 0.1) is 0 Å². The highest BCUT2D eigenvalue weighted by Gasteiger charge is 2.15. The molecule has 0 unspecified atom stereocenters. The first-order valence-corrected chi connectivity index (χ1v) is 10.4. The fourth-order valence-corrected chi connectivity index (χ4v) is 3.56. The molecule has 0 radical (unpaired) electrons. The van der Waals surface area contributed by atoms with Crippen molar-refractivity contribution in [3.8, 4) is 0 Å². The molecular formula is C19H32O3S. The molecule has 0 aliphatic rings. The zero-order valence-electron chi connectivity index (χ0n) is 15.0. The summed E-state index contributed by atoms with van der Waals surface area (Å²) in [6.45, 7) is 7.08. The van der Waals surface area contributed by atoms with Gasteiger partial charge in [-0.15, -0.1) is 0 Å². The molecule has 0 heterocycles. The number of benzene rings is 1. The second kappa shape index (κ2) is 8.84. The molecule has 1 rings (SSSR count). The molecule has 4 heteroatoms. The molecule has 0 fully saturated rings. The largest absolute Gasteiger partial charge is 0.386 e. The summed E-state index contributed by atoms with van der Waals surface area (Å²) >= 11 is 0. The maximum Gasteiger partial charge on any atom is 0.152 e. The Balaban J connectivity index is 2.18. The maximum absolute atomic E-state index is 11.7. The van der Waals surface area contributed by atoms with E-state index in [1.807, 2.05) is 12.1 Å². The number of sulfone groups is 1. The lowest BCUT2D eigenvalue weighted by atomic mass is 9.96. The van der Waals surface area contributed by atoms with Gasteiger partial charge in [-0.2, -0.15) is 0 Å². The Morgan fingerprint density at radius 1 is 0.957 bits per heavy atom. The van der Waals surface area contributed by atoms with Gasteiger partial charge in [0.15, 0.2) is 9.84 Å². The van der Waals surface area contributed by atoms with E-state index < -0.39 is 15.4 Å². The lowest BCUT2D eigenvalue weighted by molar-refractivity contribution is 0.0786. The van der Waals surface area contributed by atoms with Crippen molar-refractivity contribution in [2.24, 2.45) is 0 Å². The van der Waals surface area contributed by atoms with Crippen LogP contribution in [0.1, 0.15) is 70.9 Å². The minimum absolute atomic E-state index is 0.255. The predicted octanol–water partition coefficient (Wildman–Crippen LogP) is 4.23. The van der Waals surface area contributed by atoms with Gasteiger partial charge in [0.1, 0.15) is 0 Å². The van der Waals surface area contributed by atoms with Crippen LogP contribution in [-0.2, 0) is 21.9 Å². The molecule has 0 saturated carbocycles. The number of aryl methyl sites for hydroxylation is 1. The smallest absolute Gasteiger partial charge is 0.152 e. The van der Waals surface area contributed by atoms with E-state index in [2.05, 4.69) is 12.1 Å². The van der Waals surface area contributed by atoms with Gasteiger partial charge >= 0.3 is 0 Å². The topological polar surface area (TPSA) is 54.4 Å². The molecule has 0 aromatic heterocycles. The monoisotopic (exact) mass is 340 g/mol. The first-order valence-electron chi connectivity index (χ1n) is 8.66. The van der Waals surface area contributed by atoms with E-state index in [-0.39, 0.29) is 5.25 Å². The van der Waals surface area contributed by atoms with Crippen LogP contribution in [0.15, 0.2) is 24.3 Å². The standard InChI is InChI=1S/C19H32O3S/c1-16(2)23(21,22)15-9-7-5-6-8-10-17-11-13-18(14-12-17)19(3,4)20/h11-14,16,20H,5-10,15H2,1-4H3. The predicted molar refractivity (Wildman–Crippen MR) is 97.4 cm³/mol.